The molecule has 0 fully saturated rings. The molecule has 6 aromatic carbocycles. The van der Waals surface area contributed by atoms with E-state index in [1.807, 2.05) is 97.1 Å². The van der Waals surface area contributed by atoms with Crippen molar-refractivity contribution in [2.45, 2.75) is 0 Å². The Morgan fingerprint density at radius 1 is 0.412 bits per heavy atom. The lowest BCUT2D eigenvalue weighted by molar-refractivity contribution is 1.07. The molecule has 0 aliphatic heterocycles. The number of thiophene rings is 1. The molecule has 0 bridgehead atoms. The second-order valence-corrected chi connectivity index (χ2v) is 13.2. The van der Waals surface area contributed by atoms with E-state index in [-0.39, 0.29) is 0 Å². The zero-order valence-corrected chi connectivity index (χ0v) is 28.0. The van der Waals surface area contributed by atoms with Gasteiger partial charge >= 0.3 is 0 Å². The average molecular weight is 670 g/mol. The van der Waals surface area contributed by atoms with Gasteiger partial charge in [0.05, 0.1) is 17.8 Å². The van der Waals surface area contributed by atoms with Crippen LogP contribution in [0.5, 0.6) is 0 Å². The second kappa shape index (κ2) is 12.9. The van der Waals surface area contributed by atoms with Crippen molar-refractivity contribution in [2.75, 3.05) is 0 Å². The molecule has 51 heavy (non-hydrogen) atoms. The summed E-state index contributed by atoms with van der Waals surface area (Å²) < 4.78 is 1.09. The van der Waals surface area contributed by atoms with Crippen LogP contribution in [0, 0.1) is 6.57 Å². The lowest BCUT2D eigenvalue weighted by atomic mass is 10.0. The van der Waals surface area contributed by atoms with Gasteiger partial charge in [-0.15, -0.1) is 11.3 Å². The predicted molar refractivity (Wildman–Crippen MR) is 209 cm³/mol. The van der Waals surface area contributed by atoms with Crippen LogP contribution in [0.4, 0.5) is 5.69 Å². The third kappa shape index (κ3) is 5.62. The summed E-state index contributed by atoms with van der Waals surface area (Å²) in [5, 5.41) is 1.98. The molecule has 3 aromatic heterocycles. The number of fused-ring (bicyclic) bond motifs is 3. The molecule has 0 saturated carbocycles. The van der Waals surface area contributed by atoms with Crippen LogP contribution >= 0.6 is 11.3 Å². The monoisotopic (exact) mass is 669 g/mol. The van der Waals surface area contributed by atoms with E-state index in [9.17, 15) is 0 Å². The summed E-state index contributed by atoms with van der Waals surface area (Å²) in [6.07, 6.45) is 0. The number of benzene rings is 6. The maximum absolute atomic E-state index is 8.28. The van der Waals surface area contributed by atoms with Gasteiger partial charge in [-0.25, -0.2) is 24.8 Å². The van der Waals surface area contributed by atoms with E-state index in [1.165, 1.54) is 0 Å². The summed E-state index contributed by atoms with van der Waals surface area (Å²) in [6, 6.07) is 55.2. The van der Waals surface area contributed by atoms with Gasteiger partial charge in [0, 0.05) is 37.0 Å². The van der Waals surface area contributed by atoms with Crippen LogP contribution < -0.4 is 0 Å². The topological polar surface area (TPSA) is 55.9 Å². The lowest BCUT2D eigenvalue weighted by Crippen LogP contribution is -2.00. The van der Waals surface area contributed by atoms with Gasteiger partial charge in [0.15, 0.2) is 17.5 Å². The Kier molecular flexibility index (Phi) is 7.66. The molecule has 0 amide bonds. The van der Waals surface area contributed by atoms with E-state index in [2.05, 4.69) is 71.6 Å². The van der Waals surface area contributed by atoms with Crippen molar-refractivity contribution in [1.29, 1.82) is 0 Å². The van der Waals surface area contributed by atoms with E-state index in [0.717, 1.165) is 70.5 Å². The Morgan fingerprint density at radius 2 is 0.843 bits per heavy atom. The number of para-hydroxylation sites is 1. The Morgan fingerprint density at radius 3 is 1.37 bits per heavy atom. The molecule has 0 aliphatic rings. The highest BCUT2D eigenvalue weighted by Gasteiger charge is 2.21. The molecule has 0 N–H and O–H groups in total. The summed E-state index contributed by atoms with van der Waals surface area (Å²) in [6.45, 7) is 8.28. The summed E-state index contributed by atoms with van der Waals surface area (Å²) >= 11 is 1.67. The van der Waals surface area contributed by atoms with Crippen molar-refractivity contribution in [1.82, 2.24) is 19.9 Å². The van der Waals surface area contributed by atoms with Gasteiger partial charge in [-0.2, -0.15) is 0 Å². The SMILES string of the molecule is [C-]#[N+]c1c(-c2ccc(-c3ccc(-c4nc(-c5ccccc5)nc(-c5ccccc5)n4)cc3)cc2)sc2c1c(-c1ccccc1)nc1ccccc12. The molecule has 5 nitrogen and oxygen atoms in total. The van der Waals surface area contributed by atoms with Crippen molar-refractivity contribution in [3.63, 3.8) is 0 Å². The van der Waals surface area contributed by atoms with Crippen LogP contribution in [0.1, 0.15) is 0 Å². The first-order valence-corrected chi connectivity index (χ1v) is 17.4. The Hall–Kier alpha value is -6.81. The van der Waals surface area contributed by atoms with Crippen LogP contribution in [0.15, 0.2) is 164 Å². The normalized spacial score (nSPS) is 11.1. The number of nitrogens with zero attached hydrogens (tertiary/aromatic N) is 5. The summed E-state index contributed by atoms with van der Waals surface area (Å²) in [5.74, 6) is 1.90. The van der Waals surface area contributed by atoms with Gasteiger partial charge in [-0.3, -0.25) is 0 Å². The highest BCUT2D eigenvalue weighted by atomic mass is 32.1. The summed E-state index contributed by atoms with van der Waals surface area (Å²) in [7, 11) is 0. The Balaban J connectivity index is 1.08. The van der Waals surface area contributed by atoms with Crippen LogP contribution in [0.25, 0.3) is 92.8 Å². The molecule has 9 rings (SSSR count). The predicted octanol–water partition coefficient (Wildman–Crippen LogP) is 12.2. The van der Waals surface area contributed by atoms with Gasteiger partial charge in [-0.1, -0.05) is 158 Å². The molecular weight excluding hydrogens is 643 g/mol. The molecule has 6 heteroatoms. The van der Waals surface area contributed by atoms with Gasteiger partial charge < -0.3 is 0 Å². The molecule has 0 aliphatic carbocycles. The van der Waals surface area contributed by atoms with E-state index >= 15 is 0 Å². The molecule has 238 valence electrons. The molecule has 0 radical (unpaired) electrons. The molecule has 0 atom stereocenters. The summed E-state index contributed by atoms with van der Waals surface area (Å²) in [4.78, 5) is 24.7. The largest absolute Gasteiger partial charge is 0.248 e. The third-order valence-electron chi connectivity index (χ3n) is 8.98. The fourth-order valence-corrected chi connectivity index (χ4v) is 7.72. The zero-order chi connectivity index (χ0) is 34.1. The Bertz CT molecular complexity index is 2660. The maximum atomic E-state index is 8.28. The zero-order valence-electron chi connectivity index (χ0n) is 27.2. The van der Waals surface area contributed by atoms with Crippen LogP contribution in [0.3, 0.4) is 0 Å². The Labute approximate surface area is 299 Å². The van der Waals surface area contributed by atoms with Crippen molar-refractivity contribution in [3.05, 3.63) is 175 Å². The molecule has 0 saturated heterocycles. The number of hydrogen-bond acceptors (Lipinski definition) is 5. The number of rotatable bonds is 6. The molecule has 3 heterocycles. The van der Waals surface area contributed by atoms with Crippen molar-refractivity contribution >= 4 is 38.0 Å². The van der Waals surface area contributed by atoms with E-state index in [0.29, 0.717) is 23.2 Å². The second-order valence-electron chi connectivity index (χ2n) is 12.1. The van der Waals surface area contributed by atoms with Gasteiger partial charge in [0.1, 0.15) is 0 Å². The van der Waals surface area contributed by atoms with Crippen molar-refractivity contribution in [2.24, 2.45) is 0 Å². The molecule has 9 aromatic rings. The van der Waals surface area contributed by atoms with Crippen molar-refractivity contribution < 1.29 is 0 Å². The van der Waals surface area contributed by atoms with E-state index < -0.39 is 0 Å². The number of hydrogen-bond donors (Lipinski definition) is 0. The number of aromatic nitrogens is 4. The fourth-order valence-electron chi connectivity index (χ4n) is 6.44. The average Bonchev–Trinajstić information content (AvgIpc) is 3.62. The first-order chi connectivity index (χ1) is 25.2. The van der Waals surface area contributed by atoms with Crippen LogP contribution in [-0.2, 0) is 0 Å². The van der Waals surface area contributed by atoms with Crippen LogP contribution in [-0.4, -0.2) is 19.9 Å². The van der Waals surface area contributed by atoms with Crippen LogP contribution in [0.2, 0.25) is 0 Å². The molecule has 0 spiro atoms. The standard InChI is InChI=1S/C45H27N5S/c1-46-40-38-39(31-13-5-2-6-14-31)47-37-20-12-11-19-36(37)42(38)51-41(40)32-25-21-29(22-26-32)30-23-27-35(28-24-30)45-49-43(33-15-7-3-8-16-33)48-44(50-45)34-17-9-4-10-18-34/h2-28H. The molecule has 0 unspecified atom stereocenters. The third-order valence-corrected chi connectivity index (χ3v) is 10.2. The minimum atomic E-state index is 0.623. The smallest absolute Gasteiger partial charge is 0.215 e. The first kappa shape index (κ1) is 30.3. The van der Waals surface area contributed by atoms with Gasteiger partial charge in [0.25, 0.3) is 0 Å². The first-order valence-electron chi connectivity index (χ1n) is 16.6. The van der Waals surface area contributed by atoms with E-state index in [1.54, 1.807) is 11.3 Å². The minimum Gasteiger partial charge on any atom is -0.248 e. The highest BCUT2D eigenvalue weighted by molar-refractivity contribution is 7.24. The lowest BCUT2D eigenvalue weighted by Gasteiger charge is -2.09. The summed E-state index contributed by atoms with van der Waals surface area (Å²) in [5.41, 5.74) is 9.39. The van der Waals surface area contributed by atoms with Gasteiger partial charge in [-0.05, 0) is 28.3 Å². The van der Waals surface area contributed by atoms with E-state index in [4.69, 9.17) is 26.5 Å². The highest BCUT2D eigenvalue weighted by Crippen LogP contribution is 2.50. The maximum Gasteiger partial charge on any atom is 0.215 e. The minimum absolute atomic E-state index is 0.623. The quantitative estimate of drug-likeness (QED) is 0.165. The van der Waals surface area contributed by atoms with Crippen molar-refractivity contribution in [3.8, 4) is 67.0 Å². The van der Waals surface area contributed by atoms with Gasteiger partial charge in [0.2, 0.25) is 5.69 Å². The number of pyridine rings is 1. The molecular formula is C45H27N5S. The fraction of sp³-hybridized carbons (Fsp3) is 0.